The maximum Gasteiger partial charge on any atom is 0.255 e. The highest BCUT2D eigenvalue weighted by Crippen LogP contribution is 2.34. The largest absolute Gasteiger partial charge is 0.490 e. The van der Waals surface area contributed by atoms with Crippen molar-refractivity contribution in [3.8, 4) is 11.5 Å². The predicted molar refractivity (Wildman–Crippen MR) is 141 cm³/mol. The molecule has 3 amide bonds. The molecule has 0 saturated carbocycles. The van der Waals surface area contributed by atoms with Crippen LogP contribution >= 0.6 is 0 Å². The van der Waals surface area contributed by atoms with Gasteiger partial charge in [-0.1, -0.05) is 42.5 Å². The first-order valence-electron chi connectivity index (χ1n) is 13.0. The van der Waals surface area contributed by atoms with E-state index >= 15 is 0 Å². The van der Waals surface area contributed by atoms with E-state index in [-0.39, 0.29) is 18.4 Å². The lowest BCUT2D eigenvalue weighted by molar-refractivity contribution is -0.132. The maximum atomic E-state index is 13.1. The summed E-state index contributed by atoms with van der Waals surface area (Å²) in [6.07, 6.45) is 1.33. The van der Waals surface area contributed by atoms with Crippen molar-refractivity contribution in [1.82, 2.24) is 10.2 Å². The molecule has 0 spiro atoms. The summed E-state index contributed by atoms with van der Waals surface area (Å²) in [5.41, 5.74) is 4.67. The molecule has 0 bridgehead atoms. The monoisotopic (exact) mass is 511 g/mol. The molecule has 1 atom stereocenters. The fourth-order valence-corrected chi connectivity index (χ4v) is 5.39. The van der Waals surface area contributed by atoms with E-state index in [9.17, 15) is 14.4 Å². The van der Waals surface area contributed by atoms with Gasteiger partial charge in [0.15, 0.2) is 0 Å². The van der Waals surface area contributed by atoms with Gasteiger partial charge in [0.05, 0.1) is 18.8 Å². The molecule has 0 radical (unpaired) electrons. The number of hydrogen-bond donors (Lipinski definition) is 1. The normalized spacial score (nSPS) is 18.8. The van der Waals surface area contributed by atoms with Crippen molar-refractivity contribution in [3.05, 3.63) is 89.0 Å². The number of hydrogen-bond acceptors (Lipinski definition) is 6. The van der Waals surface area contributed by atoms with Crippen LogP contribution in [0, 0.1) is 0 Å². The number of anilines is 1. The Bertz CT molecular complexity index is 1390. The minimum Gasteiger partial charge on any atom is -0.490 e. The third kappa shape index (κ3) is 4.69. The van der Waals surface area contributed by atoms with Gasteiger partial charge in [-0.25, -0.2) is 0 Å². The molecule has 0 aromatic heterocycles. The van der Waals surface area contributed by atoms with Crippen molar-refractivity contribution in [2.45, 2.75) is 45.0 Å². The molecule has 3 aromatic rings. The van der Waals surface area contributed by atoms with Crippen LogP contribution in [0.4, 0.5) is 5.69 Å². The van der Waals surface area contributed by atoms with E-state index in [0.29, 0.717) is 43.8 Å². The number of carbonyl (C=O) groups excluding carboxylic acids is 3. The highest BCUT2D eigenvalue weighted by molar-refractivity contribution is 6.04. The second kappa shape index (κ2) is 10.2. The number of carbonyl (C=O) groups is 3. The Labute approximate surface area is 221 Å². The Kier molecular flexibility index (Phi) is 6.45. The van der Waals surface area contributed by atoms with Gasteiger partial charge in [0.25, 0.3) is 5.91 Å². The van der Waals surface area contributed by atoms with Crippen LogP contribution in [0.5, 0.6) is 11.5 Å². The molecule has 6 rings (SSSR count). The minimum atomic E-state index is -0.653. The Morgan fingerprint density at radius 1 is 0.947 bits per heavy atom. The number of nitrogens with one attached hydrogen (secondary N) is 1. The molecule has 0 aliphatic carbocycles. The number of imide groups is 1. The molecule has 1 fully saturated rings. The van der Waals surface area contributed by atoms with Crippen molar-refractivity contribution in [2.24, 2.45) is 0 Å². The Hall–Kier alpha value is -4.33. The molecule has 8 heteroatoms. The first-order valence-corrected chi connectivity index (χ1v) is 13.0. The fourth-order valence-electron chi connectivity index (χ4n) is 5.39. The number of fused-ring (bicyclic) bond motifs is 2. The van der Waals surface area contributed by atoms with Gasteiger partial charge in [-0.15, -0.1) is 0 Å². The van der Waals surface area contributed by atoms with E-state index in [0.717, 1.165) is 35.7 Å². The van der Waals surface area contributed by atoms with Crippen LogP contribution in [0.1, 0.15) is 46.3 Å². The minimum absolute atomic E-state index is 0.200. The number of rotatable bonds is 6. The number of nitrogens with zero attached hydrogens (tertiary/aromatic N) is 2. The second-order valence-electron chi connectivity index (χ2n) is 9.88. The molecule has 38 heavy (non-hydrogen) atoms. The standard InChI is InChI=1S/C30H29N3O5/c34-28-10-4-7-25(29(35)31-28)33-18-23-22(30(33)36)5-3-9-26(23)38-19-21-13-11-20(12-14-21)17-32-15-16-37-27-8-2-1-6-24(27)32/h1-3,5-6,8-9,11-14,25H,4,7,10,15-19H2,(H,31,34,35). The van der Waals surface area contributed by atoms with Crippen LogP contribution in [0.15, 0.2) is 66.7 Å². The molecule has 1 unspecified atom stereocenters. The van der Waals surface area contributed by atoms with E-state index in [4.69, 9.17) is 9.47 Å². The van der Waals surface area contributed by atoms with E-state index in [1.165, 1.54) is 5.56 Å². The molecule has 8 nitrogen and oxygen atoms in total. The van der Waals surface area contributed by atoms with E-state index in [1.807, 2.05) is 24.3 Å². The molecular formula is C30H29N3O5. The number of amides is 3. The van der Waals surface area contributed by atoms with Crippen molar-refractivity contribution in [1.29, 1.82) is 0 Å². The highest BCUT2D eigenvalue weighted by atomic mass is 16.5. The van der Waals surface area contributed by atoms with Crippen LogP contribution in [-0.2, 0) is 29.3 Å². The molecular weight excluding hydrogens is 482 g/mol. The fraction of sp³-hybridized carbons (Fsp3) is 0.300. The molecule has 1 saturated heterocycles. The summed E-state index contributed by atoms with van der Waals surface area (Å²) in [6.45, 7) is 2.97. The predicted octanol–water partition coefficient (Wildman–Crippen LogP) is 3.82. The van der Waals surface area contributed by atoms with E-state index < -0.39 is 11.9 Å². The van der Waals surface area contributed by atoms with E-state index in [2.05, 4.69) is 40.5 Å². The van der Waals surface area contributed by atoms with Crippen LogP contribution in [-0.4, -0.2) is 41.8 Å². The third-order valence-electron chi connectivity index (χ3n) is 7.39. The Morgan fingerprint density at radius 3 is 2.63 bits per heavy atom. The average Bonchev–Trinajstić information content (AvgIpc) is 3.17. The lowest BCUT2D eigenvalue weighted by Gasteiger charge is -2.31. The third-order valence-corrected chi connectivity index (χ3v) is 7.39. The van der Waals surface area contributed by atoms with Gasteiger partial charge in [0, 0.05) is 24.1 Å². The van der Waals surface area contributed by atoms with Crippen LogP contribution in [0.2, 0.25) is 0 Å². The topological polar surface area (TPSA) is 88.2 Å². The quantitative estimate of drug-likeness (QED) is 0.507. The van der Waals surface area contributed by atoms with Gasteiger partial charge in [-0.05, 0) is 48.2 Å². The van der Waals surface area contributed by atoms with E-state index in [1.54, 1.807) is 17.0 Å². The van der Waals surface area contributed by atoms with Crippen molar-refractivity contribution in [3.63, 3.8) is 0 Å². The molecule has 3 heterocycles. The number of benzene rings is 3. The lowest BCUT2D eigenvalue weighted by atomic mass is 10.1. The van der Waals surface area contributed by atoms with Crippen molar-refractivity contribution < 1.29 is 23.9 Å². The first kappa shape index (κ1) is 24.0. The zero-order chi connectivity index (χ0) is 26.1. The SMILES string of the molecule is O=C1CCCC(N2Cc3c(OCc4ccc(CN5CCOc6ccccc65)cc4)cccc3C2=O)C(=O)N1. The smallest absolute Gasteiger partial charge is 0.255 e. The summed E-state index contributed by atoms with van der Waals surface area (Å²) >= 11 is 0. The van der Waals surface area contributed by atoms with Crippen LogP contribution in [0.25, 0.3) is 0 Å². The van der Waals surface area contributed by atoms with Gasteiger partial charge in [-0.3, -0.25) is 19.7 Å². The summed E-state index contributed by atoms with van der Waals surface area (Å²) in [7, 11) is 0. The molecule has 1 N–H and O–H groups in total. The van der Waals surface area contributed by atoms with Gasteiger partial charge in [0.2, 0.25) is 11.8 Å². The molecule has 3 aliphatic heterocycles. The zero-order valence-electron chi connectivity index (χ0n) is 21.0. The van der Waals surface area contributed by atoms with Crippen molar-refractivity contribution in [2.75, 3.05) is 18.1 Å². The van der Waals surface area contributed by atoms with Gasteiger partial charge >= 0.3 is 0 Å². The Morgan fingerprint density at radius 2 is 1.76 bits per heavy atom. The summed E-state index contributed by atoms with van der Waals surface area (Å²) < 4.78 is 11.9. The van der Waals surface area contributed by atoms with Gasteiger partial charge < -0.3 is 19.3 Å². The Balaban J connectivity index is 1.11. The lowest BCUT2D eigenvalue weighted by Crippen LogP contribution is -2.46. The molecule has 3 aromatic carbocycles. The number of para-hydroxylation sites is 2. The summed E-state index contributed by atoms with van der Waals surface area (Å²) in [5.74, 6) is 0.666. The first-order chi connectivity index (χ1) is 18.6. The molecule has 194 valence electrons. The van der Waals surface area contributed by atoms with Crippen LogP contribution < -0.4 is 19.7 Å². The van der Waals surface area contributed by atoms with Crippen molar-refractivity contribution >= 4 is 23.4 Å². The summed E-state index contributed by atoms with van der Waals surface area (Å²) in [5, 5.41) is 2.40. The van der Waals surface area contributed by atoms with Crippen LogP contribution in [0.3, 0.4) is 0 Å². The van der Waals surface area contributed by atoms with Gasteiger partial charge in [0.1, 0.15) is 30.8 Å². The van der Waals surface area contributed by atoms with Gasteiger partial charge in [-0.2, -0.15) is 0 Å². The maximum absolute atomic E-state index is 13.1. The summed E-state index contributed by atoms with van der Waals surface area (Å²) in [6, 6.07) is 21.2. The highest BCUT2D eigenvalue weighted by Gasteiger charge is 2.39. The molecule has 3 aliphatic rings. The average molecular weight is 512 g/mol. The zero-order valence-corrected chi connectivity index (χ0v) is 21.0. The second-order valence-corrected chi connectivity index (χ2v) is 9.88. The summed E-state index contributed by atoms with van der Waals surface area (Å²) in [4.78, 5) is 41.3. The number of ether oxygens (including phenoxy) is 2.